The molecule has 3 nitrogen and oxygen atoms in total. The van der Waals surface area contributed by atoms with Gasteiger partial charge < -0.3 is 5.32 Å². The zero-order valence-electron chi connectivity index (χ0n) is 7.91. The summed E-state index contributed by atoms with van der Waals surface area (Å²) in [5, 5.41) is 3.62. The fourth-order valence-electron chi connectivity index (χ4n) is 1.10. The van der Waals surface area contributed by atoms with Crippen molar-refractivity contribution in [3.63, 3.8) is 0 Å². The van der Waals surface area contributed by atoms with E-state index in [0.29, 0.717) is 20.6 Å². The van der Waals surface area contributed by atoms with Crippen LogP contribution in [0.4, 0.5) is 5.69 Å². The van der Waals surface area contributed by atoms with Gasteiger partial charge in [0.2, 0.25) is 0 Å². The average Bonchev–Trinajstić information content (AvgIpc) is 2.75. The van der Waals surface area contributed by atoms with Gasteiger partial charge in [-0.2, -0.15) is 0 Å². The highest BCUT2D eigenvalue weighted by Gasteiger charge is 2.09. The second-order valence-corrected chi connectivity index (χ2v) is 4.67. The van der Waals surface area contributed by atoms with Crippen molar-refractivity contribution in [1.29, 1.82) is 0 Å². The number of benzene rings is 1. The fourth-order valence-corrected chi connectivity index (χ4v) is 2.07. The standard InChI is InChI=1S/C10H6Cl2N2OS/c11-6-1-2-8(7(12)3-6)14-10(15)9-4-13-5-16-9/h1-5H,(H,14,15). The maximum atomic E-state index is 11.7. The van der Waals surface area contributed by atoms with Gasteiger partial charge in [0.15, 0.2) is 0 Å². The van der Waals surface area contributed by atoms with E-state index in [2.05, 4.69) is 10.3 Å². The maximum absolute atomic E-state index is 11.7. The van der Waals surface area contributed by atoms with Crippen LogP contribution in [0.15, 0.2) is 29.9 Å². The molecule has 1 heterocycles. The predicted molar refractivity (Wildman–Crippen MR) is 66.5 cm³/mol. The van der Waals surface area contributed by atoms with E-state index in [0.717, 1.165) is 0 Å². The first-order valence-corrected chi connectivity index (χ1v) is 5.95. The summed E-state index contributed by atoms with van der Waals surface area (Å²) in [5.74, 6) is -0.230. The molecule has 1 N–H and O–H groups in total. The second kappa shape index (κ2) is 4.82. The van der Waals surface area contributed by atoms with Crippen LogP contribution in [-0.4, -0.2) is 10.9 Å². The van der Waals surface area contributed by atoms with Gasteiger partial charge >= 0.3 is 0 Å². The molecule has 0 aliphatic rings. The van der Waals surface area contributed by atoms with E-state index in [4.69, 9.17) is 23.2 Å². The van der Waals surface area contributed by atoms with Crippen molar-refractivity contribution in [3.05, 3.63) is 44.8 Å². The van der Waals surface area contributed by atoms with E-state index in [-0.39, 0.29) is 5.91 Å². The van der Waals surface area contributed by atoms with Crippen molar-refractivity contribution >= 4 is 46.1 Å². The highest BCUT2D eigenvalue weighted by molar-refractivity contribution is 7.11. The van der Waals surface area contributed by atoms with Crippen LogP contribution >= 0.6 is 34.5 Å². The second-order valence-electron chi connectivity index (χ2n) is 2.94. The minimum Gasteiger partial charge on any atom is -0.320 e. The molecule has 0 bridgehead atoms. The van der Waals surface area contributed by atoms with E-state index in [1.165, 1.54) is 17.5 Å². The summed E-state index contributed by atoms with van der Waals surface area (Å²) in [6, 6.07) is 4.89. The largest absolute Gasteiger partial charge is 0.320 e. The Bertz CT molecular complexity index is 514. The summed E-state index contributed by atoms with van der Waals surface area (Å²) in [6.45, 7) is 0. The van der Waals surface area contributed by atoms with Crippen molar-refractivity contribution in [2.45, 2.75) is 0 Å². The third kappa shape index (κ3) is 2.52. The van der Waals surface area contributed by atoms with Crippen molar-refractivity contribution in [3.8, 4) is 0 Å². The van der Waals surface area contributed by atoms with Crippen LogP contribution in [0, 0.1) is 0 Å². The molecular formula is C10H6Cl2N2OS. The molecule has 2 rings (SSSR count). The number of anilines is 1. The summed E-state index contributed by atoms with van der Waals surface area (Å²) in [6.07, 6.45) is 1.50. The zero-order valence-corrected chi connectivity index (χ0v) is 10.2. The Morgan fingerprint density at radius 2 is 2.19 bits per heavy atom. The number of amides is 1. The first-order valence-electron chi connectivity index (χ1n) is 4.32. The van der Waals surface area contributed by atoms with Gasteiger partial charge in [-0.25, -0.2) is 0 Å². The minimum absolute atomic E-state index is 0.230. The highest BCUT2D eigenvalue weighted by atomic mass is 35.5. The van der Waals surface area contributed by atoms with Crippen molar-refractivity contribution in [2.24, 2.45) is 0 Å². The van der Waals surface area contributed by atoms with E-state index in [1.807, 2.05) is 0 Å². The van der Waals surface area contributed by atoms with Gasteiger partial charge in [-0.3, -0.25) is 9.78 Å². The molecule has 1 aromatic heterocycles. The van der Waals surface area contributed by atoms with E-state index < -0.39 is 0 Å². The number of thiazole rings is 1. The number of hydrogen-bond acceptors (Lipinski definition) is 3. The monoisotopic (exact) mass is 272 g/mol. The topological polar surface area (TPSA) is 42.0 Å². The lowest BCUT2D eigenvalue weighted by Gasteiger charge is -2.05. The van der Waals surface area contributed by atoms with Gasteiger partial charge in [-0.15, -0.1) is 11.3 Å². The van der Waals surface area contributed by atoms with Crippen LogP contribution in [0.25, 0.3) is 0 Å². The smallest absolute Gasteiger partial charge is 0.267 e. The molecule has 2 aromatic rings. The molecular weight excluding hydrogens is 267 g/mol. The molecule has 0 aliphatic carbocycles. The number of halogens is 2. The molecule has 0 saturated heterocycles. The Hall–Kier alpha value is -1.10. The molecule has 16 heavy (non-hydrogen) atoms. The van der Waals surface area contributed by atoms with E-state index >= 15 is 0 Å². The van der Waals surface area contributed by atoms with Crippen molar-refractivity contribution < 1.29 is 4.79 Å². The number of hydrogen-bond donors (Lipinski definition) is 1. The fraction of sp³-hybridized carbons (Fsp3) is 0. The average molecular weight is 273 g/mol. The molecule has 0 unspecified atom stereocenters. The van der Waals surface area contributed by atoms with Gasteiger partial charge in [0, 0.05) is 5.02 Å². The van der Waals surface area contributed by atoms with Crippen molar-refractivity contribution in [2.75, 3.05) is 5.32 Å². The van der Waals surface area contributed by atoms with Crippen LogP contribution < -0.4 is 5.32 Å². The van der Waals surface area contributed by atoms with Crippen LogP contribution in [-0.2, 0) is 0 Å². The molecule has 0 aliphatic heterocycles. The lowest BCUT2D eigenvalue weighted by Crippen LogP contribution is -2.10. The Kier molecular flexibility index (Phi) is 3.43. The number of nitrogens with one attached hydrogen (secondary N) is 1. The van der Waals surface area contributed by atoms with Gasteiger partial charge in [0.05, 0.1) is 22.4 Å². The molecule has 0 fully saturated rings. The normalized spacial score (nSPS) is 10.1. The summed E-state index contributed by atoms with van der Waals surface area (Å²) < 4.78 is 0. The predicted octanol–water partition coefficient (Wildman–Crippen LogP) is 3.70. The van der Waals surface area contributed by atoms with E-state index in [1.54, 1.807) is 23.7 Å². The van der Waals surface area contributed by atoms with Crippen LogP contribution in [0.5, 0.6) is 0 Å². The maximum Gasteiger partial charge on any atom is 0.267 e. The van der Waals surface area contributed by atoms with Crippen LogP contribution in [0.1, 0.15) is 9.67 Å². The van der Waals surface area contributed by atoms with Gasteiger partial charge in [0.1, 0.15) is 4.88 Å². The quantitative estimate of drug-likeness (QED) is 0.906. The summed E-state index contributed by atoms with van der Waals surface area (Å²) in [4.78, 5) is 16.0. The number of carbonyl (C=O) groups is 1. The summed E-state index contributed by atoms with van der Waals surface area (Å²) >= 11 is 12.9. The zero-order chi connectivity index (χ0) is 11.5. The third-order valence-electron chi connectivity index (χ3n) is 1.84. The Labute approximate surface area is 106 Å². The summed E-state index contributed by atoms with van der Waals surface area (Å²) in [7, 11) is 0. The number of aromatic nitrogens is 1. The first-order chi connectivity index (χ1) is 7.66. The van der Waals surface area contributed by atoms with Gasteiger partial charge in [-0.1, -0.05) is 23.2 Å². The van der Waals surface area contributed by atoms with E-state index in [9.17, 15) is 4.79 Å². The first kappa shape index (κ1) is 11.4. The van der Waals surface area contributed by atoms with Crippen molar-refractivity contribution in [1.82, 2.24) is 4.98 Å². The molecule has 0 spiro atoms. The summed E-state index contributed by atoms with van der Waals surface area (Å²) in [5.41, 5.74) is 2.13. The van der Waals surface area contributed by atoms with Crippen LogP contribution in [0.2, 0.25) is 10.0 Å². The Balaban J connectivity index is 2.18. The Morgan fingerprint density at radius 1 is 1.38 bits per heavy atom. The molecule has 82 valence electrons. The van der Waals surface area contributed by atoms with Gasteiger partial charge in [0.25, 0.3) is 5.91 Å². The van der Waals surface area contributed by atoms with Gasteiger partial charge in [-0.05, 0) is 18.2 Å². The number of carbonyl (C=O) groups excluding carboxylic acids is 1. The lowest BCUT2D eigenvalue weighted by molar-refractivity contribution is 0.103. The highest BCUT2D eigenvalue weighted by Crippen LogP contribution is 2.25. The lowest BCUT2D eigenvalue weighted by atomic mass is 10.3. The molecule has 0 saturated carbocycles. The molecule has 1 aromatic carbocycles. The molecule has 0 radical (unpaired) electrons. The number of nitrogens with zero attached hydrogens (tertiary/aromatic N) is 1. The van der Waals surface area contributed by atoms with Crippen LogP contribution in [0.3, 0.4) is 0 Å². The number of rotatable bonds is 2. The molecule has 0 atom stereocenters. The SMILES string of the molecule is O=C(Nc1ccc(Cl)cc1Cl)c1cncs1. The molecule has 6 heteroatoms. The minimum atomic E-state index is -0.230. The molecule has 1 amide bonds. The third-order valence-corrected chi connectivity index (χ3v) is 3.16. The Morgan fingerprint density at radius 3 is 2.81 bits per heavy atom.